The van der Waals surface area contributed by atoms with Crippen LogP contribution in [-0.2, 0) is 7.05 Å². The third-order valence-electron chi connectivity index (χ3n) is 7.18. The average Bonchev–Trinajstić information content (AvgIpc) is 3.31. The van der Waals surface area contributed by atoms with Gasteiger partial charge in [-0.05, 0) is 60.6 Å². The van der Waals surface area contributed by atoms with Crippen LogP contribution in [0.15, 0.2) is 89.5 Å². The molecule has 3 nitrogen and oxygen atoms in total. The molecule has 184 valence electrons. The lowest BCUT2D eigenvalue weighted by molar-refractivity contribution is -0.662. The van der Waals surface area contributed by atoms with E-state index >= 15 is 0 Å². The lowest BCUT2D eigenvalue weighted by Gasteiger charge is -2.08. The summed E-state index contributed by atoms with van der Waals surface area (Å²) < 4.78 is 46.3. The molecule has 4 aromatic carbocycles. The van der Waals surface area contributed by atoms with Crippen molar-refractivity contribution in [1.29, 1.82) is 5.26 Å². The molecule has 0 amide bonds. The molecule has 0 aliphatic heterocycles. The van der Waals surface area contributed by atoms with Gasteiger partial charge in [0, 0.05) is 26.5 Å². The third-order valence-corrected chi connectivity index (χ3v) is 7.18. The van der Waals surface area contributed by atoms with Crippen molar-refractivity contribution < 1.29 is 17.5 Å². The molecule has 0 saturated heterocycles. The van der Waals surface area contributed by atoms with Crippen LogP contribution in [0.25, 0.3) is 55.4 Å². The number of benzene rings is 4. The second kappa shape index (κ2) is 8.97. The molecule has 38 heavy (non-hydrogen) atoms. The highest BCUT2D eigenvalue weighted by Crippen LogP contribution is 2.42. The van der Waals surface area contributed by atoms with Crippen LogP contribution in [-0.4, -0.2) is 0 Å². The number of hydrogen-bond acceptors (Lipinski definition) is 2. The van der Waals surface area contributed by atoms with E-state index in [1.54, 1.807) is 17.7 Å². The molecule has 0 radical (unpaired) electrons. The maximum atomic E-state index is 14.7. The van der Waals surface area contributed by atoms with Gasteiger partial charge in [0.25, 0.3) is 0 Å². The molecule has 6 aromatic rings. The topological polar surface area (TPSA) is 40.8 Å². The summed E-state index contributed by atoms with van der Waals surface area (Å²) in [6.45, 7) is 1.35. The van der Waals surface area contributed by atoms with Crippen LogP contribution in [0.4, 0.5) is 4.39 Å². The lowest BCUT2D eigenvalue weighted by atomic mass is 9.94. The van der Waals surface area contributed by atoms with E-state index in [0.29, 0.717) is 33.6 Å². The summed E-state index contributed by atoms with van der Waals surface area (Å²) in [6.07, 6.45) is 1.19. The van der Waals surface area contributed by atoms with Gasteiger partial charge in [0.2, 0.25) is 11.9 Å². The zero-order valence-corrected chi connectivity index (χ0v) is 21.3. The lowest BCUT2D eigenvalue weighted by Crippen LogP contribution is -2.31. The Hall–Kier alpha value is -4.75. The van der Waals surface area contributed by atoms with Crippen LogP contribution in [0.2, 0.25) is 0 Å². The zero-order chi connectivity index (χ0) is 29.1. The van der Waals surface area contributed by atoms with Gasteiger partial charge in [-0.25, -0.2) is 4.39 Å². The van der Waals surface area contributed by atoms with E-state index in [1.165, 1.54) is 17.8 Å². The first kappa shape index (κ1) is 20.3. The normalized spacial score (nSPS) is 12.8. The Bertz CT molecular complexity index is 2020. The smallest absolute Gasteiger partial charge is 0.216 e. The van der Waals surface area contributed by atoms with Crippen molar-refractivity contribution >= 4 is 21.9 Å². The Morgan fingerprint density at radius 1 is 0.789 bits per heavy atom. The van der Waals surface area contributed by atoms with Gasteiger partial charge in [-0.1, -0.05) is 66.2 Å². The minimum atomic E-state index is -2.61. The number of furan rings is 1. The van der Waals surface area contributed by atoms with Gasteiger partial charge in [-0.3, -0.25) is 0 Å². The van der Waals surface area contributed by atoms with Crippen LogP contribution in [0, 0.1) is 37.8 Å². The third kappa shape index (κ3) is 3.76. The van der Waals surface area contributed by atoms with Gasteiger partial charge in [0.05, 0.1) is 17.2 Å². The molecule has 0 saturated carbocycles. The van der Waals surface area contributed by atoms with Crippen LogP contribution < -0.4 is 4.57 Å². The number of pyridine rings is 1. The van der Waals surface area contributed by atoms with Crippen LogP contribution >= 0.6 is 0 Å². The molecule has 0 bridgehead atoms. The number of halogens is 1. The van der Waals surface area contributed by atoms with Crippen molar-refractivity contribution in [3.05, 3.63) is 113 Å². The predicted molar refractivity (Wildman–Crippen MR) is 150 cm³/mol. The van der Waals surface area contributed by atoms with Gasteiger partial charge in [-0.2, -0.15) is 9.83 Å². The molecule has 0 aliphatic carbocycles. The second-order valence-corrected chi connectivity index (χ2v) is 9.69. The molecule has 2 aromatic heterocycles. The number of aromatic nitrogens is 1. The molecular formula is C34H26FN2O+. The summed E-state index contributed by atoms with van der Waals surface area (Å²) in [5.74, 6) is -0.791. The number of nitrogens with zero attached hydrogens (tertiary/aromatic N) is 2. The summed E-state index contributed by atoms with van der Waals surface area (Å²) in [6, 6.07) is 27.6. The number of aryl methyl sites for hydroxylation is 4. The van der Waals surface area contributed by atoms with E-state index in [2.05, 4.69) is 37.3 Å². The molecule has 4 heteroatoms. The van der Waals surface area contributed by atoms with E-state index in [9.17, 15) is 9.65 Å². The molecule has 0 N–H and O–H groups in total. The molecule has 0 atom stereocenters. The highest BCUT2D eigenvalue weighted by molar-refractivity contribution is 6.14. The first-order chi connectivity index (χ1) is 19.6. The monoisotopic (exact) mass is 500 g/mol. The molecular weight excluding hydrogens is 471 g/mol. The van der Waals surface area contributed by atoms with E-state index in [0.717, 1.165) is 33.0 Å². The minimum absolute atomic E-state index is 0.348. The van der Waals surface area contributed by atoms with E-state index in [-0.39, 0.29) is 5.56 Å². The van der Waals surface area contributed by atoms with Crippen LogP contribution in [0.5, 0.6) is 0 Å². The fraction of sp³-hybridized carbons (Fsp3) is 0.118. The summed E-state index contributed by atoms with van der Waals surface area (Å²) in [5.41, 5.74) is 8.18. The molecule has 0 fully saturated rings. The van der Waals surface area contributed by atoms with Crippen molar-refractivity contribution in [2.75, 3.05) is 0 Å². The summed E-state index contributed by atoms with van der Waals surface area (Å²) >= 11 is 0. The van der Waals surface area contributed by atoms with Gasteiger partial charge in [-0.15, -0.1) is 0 Å². The average molecular weight is 501 g/mol. The SMILES string of the molecule is [2H]C([2H])([2H])c1cc(-c2c(C)ccc3c2oc2c(-c4ccc(-c5ccc(C)cc5)cc4)c(C#N)ccc23)[n+](C)cc1F. The maximum Gasteiger partial charge on any atom is 0.216 e. The largest absolute Gasteiger partial charge is 0.454 e. The van der Waals surface area contributed by atoms with Crippen LogP contribution in [0.1, 0.15) is 26.4 Å². The Balaban J connectivity index is 1.59. The fourth-order valence-corrected chi connectivity index (χ4v) is 5.14. The van der Waals surface area contributed by atoms with Gasteiger partial charge in [0.1, 0.15) is 18.2 Å². The first-order valence-electron chi connectivity index (χ1n) is 13.8. The Labute approximate surface area is 225 Å². The number of nitriles is 1. The van der Waals surface area contributed by atoms with E-state index in [4.69, 9.17) is 8.53 Å². The summed E-state index contributed by atoms with van der Waals surface area (Å²) in [4.78, 5) is 0. The van der Waals surface area contributed by atoms with Crippen molar-refractivity contribution in [2.24, 2.45) is 7.05 Å². The summed E-state index contributed by atoms with van der Waals surface area (Å²) in [7, 11) is 1.68. The highest BCUT2D eigenvalue weighted by atomic mass is 19.1. The fourth-order valence-electron chi connectivity index (χ4n) is 5.14. The van der Waals surface area contributed by atoms with E-state index in [1.807, 2.05) is 49.4 Å². The molecule has 0 unspecified atom stereocenters. The van der Waals surface area contributed by atoms with Crippen LogP contribution in [0.3, 0.4) is 0 Å². The number of fused-ring (bicyclic) bond motifs is 3. The number of hydrogen-bond donors (Lipinski definition) is 0. The Kier molecular flexibility index (Phi) is 4.80. The maximum absolute atomic E-state index is 14.7. The minimum Gasteiger partial charge on any atom is -0.454 e. The van der Waals surface area contributed by atoms with Crippen molar-refractivity contribution in [3.63, 3.8) is 0 Å². The Morgan fingerprint density at radius 2 is 1.39 bits per heavy atom. The van der Waals surface area contributed by atoms with Crippen molar-refractivity contribution in [2.45, 2.75) is 20.7 Å². The van der Waals surface area contributed by atoms with Gasteiger partial charge < -0.3 is 4.42 Å². The molecule has 2 heterocycles. The number of rotatable bonds is 3. The Morgan fingerprint density at radius 3 is 2.05 bits per heavy atom. The quantitative estimate of drug-likeness (QED) is 0.229. The molecule has 0 spiro atoms. The molecule has 6 rings (SSSR count). The summed E-state index contributed by atoms with van der Waals surface area (Å²) in [5, 5.41) is 11.7. The van der Waals surface area contributed by atoms with E-state index < -0.39 is 12.7 Å². The van der Waals surface area contributed by atoms with Gasteiger partial charge in [0.15, 0.2) is 5.82 Å². The van der Waals surface area contributed by atoms with Gasteiger partial charge >= 0.3 is 0 Å². The highest BCUT2D eigenvalue weighted by Gasteiger charge is 2.24. The second-order valence-electron chi connectivity index (χ2n) is 9.69. The predicted octanol–water partition coefficient (Wildman–Crippen LogP) is 8.35. The standard InChI is InChI=1S/C34H26FN2O/c1-20-5-8-23(9-6-20)24-10-12-25(13-11-24)32-26(18-36)14-16-28-27-15-7-21(2)31(33(27)38-34(28)32)30-17-22(3)29(35)19-37(30)4/h5-17,19H,1-4H3/q+1/i3D3. The van der Waals surface area contributed by atoms with Crippen molar-refractivity contribution in [1.82, 2.24) is 0 Å². The first-order valence-corrected chi connectivity index (χ1v) is 12.3. The van der Waals surface area contributed by atoms with Crippen molar-refractivity contribution in [3.8, 4) is 39.6 Å². The zero-order valence-electron chi connectivity index (χ0n) is 24.3. The molecule has 0 aliphatic rings.